The van der Waals surface area contributed by atoms with Gasteiger partial charge in [0.15, 0.2) is 0 Å². The number of aliphatic hydroxyl groups excluding tert-OH is 1. The molecule has 2 N–H and O–H groups in total. The van der Waals surface area contributed by atoms with Crippen LogP contribution in [0.2, 0.25) is 0 Å². The first-order valence-electron chi connectivity index (χ1n) is 7.82. The Hall–Kier alpha value is -2.05. The summed E-state index contributed by atoms with van der Waals surface area (Å²) in [5, 5.41) is 10.0. The molecule has 0 bridgehead atoms. The Balaban J connectivity index is 1.84. The zero-order valence-corrected chi connectivity index (χ0v) is 13.0. The third-order valence-electron chi connectivity index (χ3n) is 4.20. The predicted octanol–water partition coefficient (Wildman–Crippen LogP) is 1.78. The molecule has 0 radical (unpaired) electrons. The summed E-state index contributed by atoms with van der Waals surface area (Å²) >= 11 is 0. The maximum Gasteiger partial charge on any atom is 0.251 e. The second-order valence-electron chi connectivity index (χ2n) is 5.92. The van der Waals surface area contributed by atoms with Gasteiger partial charge in [0.1, 0.15) is 11.6 Å². The van der Waals surface area contributed by atoms with Gasteiger partial charge in [0.05, 0.1) is 12.6 Å². The summed E-state index contributed by atoms with van der Waals surface area (Å²) in [6.07, 6.45) is 0.843. The number of aryl methyl sites for hydroxylation is 1. The summed E-state index contributed by atoms with van der Waals surface area (Å²) in [5.41, 5.74) is 1.55. The second-order valence-corrected chi connectivity index (χ2v) is 5.92. The van der Waals surface area contributed by atoms with E-state index in [0.29, 0.717) is 31.8 Å². The van der Waals surface area contributed by atoms with E-state index in [-0.39, 0.29) is 17.4 Å². The van der Waals surface area contributed by atoms with Crippen LogP contribution >= 0.6 is 0 Å². The summed E-state index contributed by atoms with van der Waals surface area (Å²) in [4.78, 5) is 21.0. The minimum Gasteiger partial charge on any atom is -0.392 e. The van der Waals surface area contributed by atoms with Crippen molar-refractivity contribution in [1.82, 2.24) is 14.9 Å². The zero-order chi connectivity index (χ0) is 16.4. The van der Waals surface area contributed by atoms with Gasteiger partial charge < -0.3 is 10.1 Å². The molecule has 6 heteroatoms. The van der Waals surface area contributed by atoms with Crippen molar-refractivity contribution in [3.05, 3.63) is 63.6 Å². The molecular weight excluding hydrogens is 297 g/mol. The van der Waals surface area contributed by atoms with Crippen molar-refractivity contribution in [2.45, 2.75) is 38.5 Å². The fourth-order valence-corrected chi connectivity index (χ4v) is 3.10. The zero-order valence-electron chi connectivity index (χ0n) is 13.0. The first kappa shape index (κ1) is 15.8. The molecule has 1 saturated heterocycles. The highest BCUT2D eigenvalue weighted by Gasteiger charge is 2.32. The summed E-state index contributed by atoms with van der Waals surface area (Å²) in [5.74, 6) is 0.316. The van der Waals surface area contributed by atoms with E-state index in [9.17, 15) is 14.3 Å². The lowest BCUT2D eigenvalue weighted by molar-refractivity contribution is 0.171. The quantitative estimate of drug-likeness (QED) is 0.902. The van der Waals surface area contributed by atoms with E-state index in [2.05, 4.69) is 14.9 Å². The summed E-state index contributed by atoms with van der Waals surface area (Å²) in [6.45, 7) is 2.90. The third kappa shape index (κ3) is 3.65. The Morgan fingerprint density at radius 2 is 2.13 bits per heavy atom. The summed E-state index contributed by atoms with van der Waals surface area (Å²) < 4.78 is 13.1. The summed E-state index contributed by atoms with van der Waals surface area (Å²) in [7, 11) is 0. The molecule has 1 aliphatic rings. The van der Waals surface area contributed by atoms with E-state index < -0.39 is 6.10 Å². The molecule has 2 aromatic rings. The average Bonchev–Trinajstić information content (AvgIpc) is 2.88. The topological polar surface area (TPSA) is 69.2 Å². The van der Waals surface area contributed by atoms with Gasteiger partial charge in [-0.25, -0.2) is 9.37 Å². The van der Waals surface area contributed by atoms with E-state index in [4.69, 9.17) is 0 Å². The van der Waals surface area contributed by atoms with Crippen LogP contribution < -0.4 is 5.56 Å². The van der Waals surface area contributed by atoms with Crippen molar-refractivity contribution in [1.29, 1.82) is 0 Å². The molecule has 1 fully saturated rings. The van der Waals surface area contributed by atoms with Gasteiger partial charge in [-0.1, -0.05) is 19.1 Å². The highest BCUT2D eigenvalue weighted by atomic mass is 19.1. The molecule has 1 aliphatic heterocycles. The Labute approximate surface area is 133 Å². The van der Waals surface area contributed by atoms with E-state index in [0.717, 1.165) is 11.3 Å². The van der Waals surface area contributed by atoms with Crippen LogP contribution in [0.4, 0.5) is 4.39 Å². The van der Waals surface area contributed by atoms with Crippen molar-refractivity contribution < 1.29 is 9.50 Å². The SMILES string of the molecule is CCc1cc(=O)[nH]c(CN2C[C@@H](O)C[C@@H]2c2ccc(F)cc2)n1. The van der Waals surface area contributed by atoms with Gasteiger partial charge in [0.25, 0.3) is 5.56 Å². The maximum absolute atomic E-state index is 13.1. The molecule has 1 aromatic heterocycles. The fraction of sp³-hybridized carbons (Fsp3) is 0.412. The lowest BCUT2D eigenvalue weighted by Gasteiger charge is -2.24. The molecule has 122 valence electrons. The van der Waals surface area contributed by atoms with Gasteiger partial charge >= 0.3 is 0 Å². The van der Waals surface area contributed by atoms with Crippen LogP contribution in [-0.2, 0) is 13.0 Å². The highest BCUT2D eigenvalue weighted by Crippen LogP contribution is 2.33. The van der Waals surface area contributed by atoms with Crippen LogP contribution in [0, 0.1) is 5.82 Å². The Morgan fingerprint density at radius 3 is 2.83 bits per heavy atom. The van der Waals surface area contributed by atoms with Crippen LogP contribution in [0.5, 0.6) is 0 Å². The van der Waals surface area contributed by atoms with Crippen LogP contribution in [0.15, 0.2) is 35.1 Å². The minimum absolute atomic E-state index is 0.0128. The lowest BCUT2D eigenvalue weighted by atomic mass is 10.0. The van der Waals surface area contributed by atoms with E-state index in [1.165, 1.54) is 18.2 Å². The van der Waals surface area contributed by atoms with Crippen molar-refractivity contribution in [2.24, 2.45) is 0 Å². The monoisotopic (exact) mass is 317 g/mol. The first-order chi connectivity index (χ1) is 11.0. The minimum atomic E-state index is -0.439. The van der Waals surface area contributed by atoms with Crippen LogP contribution in [-0.4, -0.2) is 32.6 Å². The number of aliphatic hydroxyl groups is 1. The molecule has 23 heavy (non-hydrogen) atoms. The second kappa shape index (κ2) is 6.60. The molecule has 1 aromatic carbocycles. The van der Waals surface area contributed by atoms with Crippen molar-refractivity contribution in [3.8, 4) is 0 Å². The molecule has 0 aliphatic carbocycles. The van der Waals surface area contributed by atoms with Crippen molar-refractivity contribution >= 4 is 0 Å². The predicted molar refractivity (Wildman–Crippen MR) is 84.4 cm³/mol. The maximum atomic E-state index is 13.1. The van der Waals surface area contributed by atoms with Crippen molar-refractivity contribution in [2.75, 3.05) is 6.54 Å². The van der Waals surface area contributed by atoms with Crippen LogP contribution in [0.1, 0.15) is 36.5 Å². The van der Waals surface area contributed by atoms with Gasteiger partial charge in [-0.15, -0.1) is 0 Å². The molecule has 5 nitrogen and oxygen atoms in total. The number of β-amino-alcohol motifs (C(OH)–C–C–N with tert-alkyl or cyclic N) is 1. The normalized spacial score (nSPS) is 21.7. The number of nitrogens with one attached hydrogen (secondary N) is 1. The van der Waals surface area contributed by atoms with E-state index >= 15 is 0 Å². The van der Waals surface area contributed by atoms with E-state index in [1.54, 1.807) is 12.1 Å². The standard InChI is InChI=1S/C17H20FN3O2/c1-2-13-7-17(23)20-16(19-13)10-21-9-14(22)8-15(21)11-3-5-12(18)6-4-11/h3-7,14-15,22H,2,8-10H2,1H3,(H,19,20,23)/t14-,15+/m0/s1. The molecule has 0 amide bonds. The van der Waals surface area contributed by atoms with Crippen LogP contribution in [0.3, 0.4) is 0 Å². The molecule has 2 heterocycles. The number of hydrogen-bond acceptors (Lipinski definition) is 4. The number of hydrogen-bond donors (Lipinski definition) is 2. The third-order valence-corrected chi connectivity index (χ3v) is 4.20. The van der Waals surface area contributed by atoms with Gasteiger partial charge in [0.2, 0.25) is 0 Å². The number of likely N-dealkylation sites (tertiary alicyclic amines) is 1. The van der Waals surface area contributed by atoms with Crippen molar-refractivity contribution in [3.63, 3.8) is 0 Å². The largest absolute Gasteiger partial charge is 0.392 e. The number of rotatable bonds is 4. The molecule has 0 saturated carbocycles. The fourth-order valence-electron chi connectivity index (χ4n) is 3.10. The Morgan fingerprint density at radius 1 is 1.39 bits per heavy atom. The number of nitrogens with zero attached hydrogens (tertiary/aromatic N) is 2. The first-order valence-corrected chi connectivity index (χ1v) is 7.82. The molecular formula is C17H20FN3O2. The van der Waals surface area contributed by atoms with E-state index in [1.807, 2.05) is 6.92 Å². The molecule has 3 rings (SSSR count). The highest BCUT2D eigenvalue weighted by molar-refractivity contribution is 5.21. The Bertz CT molecular complexity index is 729. The molecule has 2 atom stereocenters. The smallest absolute Gasteiger partial charge is 0.251 e. The number of H-pyrrole nitrogens is 1. The van der Waals surface area contributed by atoms with Gasteiger partial charge in [-0.3, -0.25) is 9.69 Å². The number of benzene rings is 1. The van der Waals surface area contributed by atoms with Gasteiger partial charge in [0, 0.05) is 24.3 Å². The lowest BCUT2D eigenvalue weighted by Crippen LogP contribution is -2.27. The number of halogens is 1. The summed E-state index contributed by atoms with van der Waals surface area (Å²) in [6, 6.07) is 7.82. The van der Waals surface area contributed by atoms with Gasteiger partial charge in [-0.05, 0) is 30.5 Å². The molecule has 0 unspecified atom stereocenters. The number of aromatic nitrogens is 2. The number of aromatic amines is 1. The van der Waals surface area contributed by atoms with Gasteiger partial charge in [-0.2, -0.15) is 0 Å². The van der Waals surface area contributed by atoms with Crippen LogP contribution in [0.25, 0.3) is 0 Å². The molecule has 0 spiro atoms. The average molecular weight is 317 g/mol. The Kier molecular flexibility index (Phi) is 4.54.